The van der Waals surface area contributed by atoms with Crippen molar-refractivity contribution in [1.29, 1.82) is 0 Å². The topological polar surface area (TPSA) is 105 Å². The molecule has 0 aromatic carbocycles. The molecule has 7 nitrogen and oxygen atoms in total. The summed E-state index contributed by atoms with van der Waals surface area (Å²) in [6.45, 7) is -0.417. The highest BCUT2D eigenvalue weighted by atomic mass is 79.9. The van der Waals surface area contributed by atoms with Crippen molar-refractivity contribution in [2.75, 3.05) is 6.61 Å². The van der Waals surface area contributed by atoms with Gasteiger partial charge in [0, 0.05) is 6.20 Å². The molecule has 1 fully saturated rings. The second-order valence-corrected chi connectivity index (χ2v) is 5.18. The van der Waals surface area contributed by atoms with Crippen LogP contribution in [0.4, 0.5) is 0 Å². The molecule has 2 rings (SSSR count). The molecule has 18 heavy (non-hydrogen) atoms. The normalized spacial score (nSPS) is 31.8. The Kier molecular flexibility index (Phi) is 3.93. The van der Waals surface area contributed by atoms with E-state index in [1.54, 1.807) is 0 Å². The third-order valence-corrected chi connectivity index (χ3v) is 3.71. The van der Waals surface area contributed by atoms with Gasteiger partial charge in [-0.1, -0.05) is 0 Å². The second-order valence-electron chi connectivity index (χ2n) is 3.83. The zero-order valence-electron chi connectivity index (χ0n) is 8.92. The van der Waals surface area contributed by atoms with E-state index < -0.39 is 41.7 Å². The Morgan fingerprint density at radius 3 is 2.78 bits per heavy atom. The molecule has 4 atom stereocenters. The lowest BCUT2D eigenvalue weighted by Gasteiger charge is -2.16. The molecule has 3 N–H and O–H groups in total. The summed E-state index contributed by atoms with van der Waals surface area (Å²) in [6, 6.07) is 0. The Hall–Kier alpha value is -0.670. The first-order valence-electron chi connectivity index (χ1n) is 5.05. The van der Waals surface area contributed by atoms with Crippen molar-refractivity contribution in [2.24, 2.45) is 0 Å². The summed E-state index contributed by atoms with van der Waals surface area (Å²) in [5.41, 5.74) is -1.27. The lowest BCUT2D eigenvalue weighted by atomic mass is 10.2. The molecule has 1 aliphatic rings. The van der Waals surface area contributed by atoms with E-state index >= 15 is 0 Å². The minimum Gasteiger partial charge on any atom is -0.394 e. The quantitative estimate of drug-likeness (QED) is 0.608. The minimum atomic E-state index is -1.10. The molecule has 0 radical (unpaired) electrons. The van der Waals surface area contributed by atoms with Crippen LogP contribution in [0.2, 0.25) is 0 Å². The number of H-pyrrole nitrogens is 1. The molecule has 1 saturated heterocycles. The van der Waals surface area contributed by atoms with E-state index in [1.807, 2.05) is 0 Å². The smallest absolute Gasteiger partial charge is 0.330 e. The highest BCUT2D eigenvalue weighted by Crippen LogP contribution is 2.32. The molecular weight excluding hydrogens is 331 g/mol. The number of halogens is 2. The van der Waals surface area contributed by atoms with E-state index in [2.05, 4.69) is 20.9 Å². The van der Waals surface area contributed by atoms with Crippen LogP contribution in [0.3, 0.4) is 0 Å². The van der Waals surface area contributed by atoms with Gasteiger partial charge in [-0.25, -0.2) is 4.79 Å². The second kappa shape index (κ2) is 5.14. The number of aromatic nitrogens is 2. The van der Waals surface area contributed by atoms with E-state index in [9.17, 15) is 14.7 Å². The van der Waals surface area contributed by atoms with Crippen molar-refractivity contribution < 1.29 is 14.9 Å². The highest BCUT2D eigenvalue weighted by Gasteiger charge is 2.43. The SMILES string of the molecule is O=c1[nH]c(=O)n(C2OC(CO)C(O)C2Cl)cc1Br. The van der Waals surface area contributed by atoms with Gasteiger partial charge in [0.2, 0.25) is 0 Å². The molecule has 4 unspecified atom stereocenters. The summed E-state index contributed by atoms with van der Waals surface area (Å²) in [5.74, 6) is 0. The molecule has 0 aliphatic carbocycles. The Morgan fingerprint density at radius 2 is 2.22 bits per heavy atom. The molecule has 1 aromatic rings. The van der Waals surface area contributed by atoms with Crippen LogP contribution in [-0.2, 0) is 4.74 Å². The van der Waals surface area contributed by atoms with Crippen LogP contribution in [0.5, 0.6) is 0 Å². The molecule has 0 spiro atoms. The maximum Gasteiger partial charge on any atom is 0.330 e. The van der Waals surface area contributed by atoms with Gasteiger partial charge < -0.3 is 14.9 Å². The molecule has 2 heterocycles. The summed E-state index contributed by atoms with van der Waals surface area (Å²) in [6.07, 6.45) is -1.69. The van der Waals surface area contributed by atoms with Gasteiger partial charge >= 0.3 is 5.69 Å². The van der Waals surface area contributed by atoms with Crippen LogP contribution in [0.25, 0.3) is 0 Å². The zero-order valence-corrected chi connectivity index (χ0v) is 11.3. The Morgan fingerprint density at radius 1 is 1.56 bits per heavy atom. The van der Waals surface area contributed by atoms with Gasteiger partial charge in [-0.2, -0.15) is 0 Å². The molecular formula is C9H10BrClN2O5. The number of nitrogens with one attached hydrogen (secondary N) is 1. The molecule has 100 valence electrons. The van der Waals surface area contributed by atoms with Crippen molar-refractivity contribution in [3.8, 4) is 0 Å². The first-order chi connectivity index (χ1) is 8.45. The predicted molar refractivity (Wildman–Crippen MR) is 65.7 cm³/mol. The number of alkyl halides is 1. The standard InChI is InChI=1S/C9H10BrClN2O5/c10-3-1-13(9(17)12-7(3)16)8-5(11)6(15)4(2-14)18-8/h1,4-6,8,14-15H,2H2,(H,12,16,17). The number of nitrogens with zero attached hydrogens (tertiary/aromatic N) is 1. The third kappa shape index (κ3) is 2.26. The van der Waals surface area contributed by atoms with Crippen LogP contribution < -0.4 is 11.2 Å². The average molecular weight is 342 g/mol. The molecule has 0 amide bonds. The first-order valence-corrected chi connectivity index (χ1v) is 6.28. The Labute approximate surface area is 114 Å². The van der Waals surface area contributed by atoms with Gasteiger partial charge in [0.05, 0.1) is 11.1 Å². The van der Waals surface area contributed by atoms with Gasteiger partial charge in [-0.3, -0.25) is 14.3 Å². The van der Waals surface area contributed by atoms with Gasteiger partial charge in [0.25, 0.3) is 5.56 Å². The lowest BCUT2D eigenvalue weighted by Crippen LogP contribution is -2.36. The van der Waals surface area contributed by atoms with E-state index in [-0.39, 0.29) is 4.47 Å². The monoisotopic (exact) mass is 340 g/mol. The van der Waals surface area contributed by atoms with Crippen molar-refractivity contribution in [1.82, 2.24) is 9.55 Å². The van der Waals surface area contributed by atoms with Crippen LogP contribution in [0.1, 0.15) is 6.23 Å². The summed E-state index contributed by atoms with van der Waals surface area (Å²) in [7, 11) is 0. The average Bonchev–Trinajstić information content (AvgIpc) is 2.61. The molecule has 1 aliphatic heterocycles. The fourth-order valence-electron chi connectivity index (χ4n) is 1.73. The van der Waals surface area contributed by atoms with E-state index in [0.29, 0.717) is 0 Å². The zero-order chi connectivity index (χ0) is 13.4. The lowest BCUT2D eigenvalue weighted by molar-refractivity contribution is -0.0458. The summed E-state index contributed by atoms with van der Waals surface area (Å²) in [4.78, 5) is 24.9. The molecule has 0 saturated carbocycles. The first kappa shape index (κ1) is 13.8. The van der Waals surface area contributed by atoms with Gasteiger partial charge in [0.15, 0.2) is 6.23 Å². The van der Waals surface area contributed by atoms with Crippen molar-refractivity contribution in [2.45, 2.75) is 23.8 Å². The number of hydrogen-bond donors (Lipinski definition) is 3. The summed E-state index contributed by atoms with van der Waals surface area (Å²) in [5, 5.41) is 17.8. The fourth-order valence-corrected chi connectivity index (χ4v) is 2.39. The maximum absolute atomic E-state index is 11.6. The Balaban J connectivity index is 2.42. The van der Waals surface area contributed by atoms with Crippen molar-refractivity contribution in [3.63, 3.8) is 0 Å². The third-order valence-electron chi connectivity index (χ3n) is 2.67. The fraction of sp³-hybridized carbons (Fsp3) is 0.556. The molecule has 1 aromatic heterocycles. The van der Waals surface area contributed by atoms with E-state index in [0.717, 1.165) is 4.57 Å². The molecule has 0 bridgehead atoms. The summed E-state index contributed by atoms with van der Waals surface area (Å²) >= 11 is 8.93. The van der Waals surface area contributed by atoms with Crippen LogP contribution in [0.15, 0.2) is 20.3 Å². The number of ether oxygens (including phenoxy) is 1. The Bertz CT molecular complexity index is 559. The van der Waals surface area contributed by atoms with E-state index in [4.69, 9.17) is 21.4 Å². The largest absolute Gasteiger partial charge is 0.394 e. The van der Waals surface area contributed by atoms with Crippen LogP contribution in [0, 0.1) is 0 Å². The van der Waals surface area contributed by atoms with Crippen LogP contribution in [-0.4, -0.2) is 44.0 Å². The predicted octanol–water partition coefficient (Wildman–Crippen LogP) is -0.843. The number of aliphatic hydroxyl groups excluding tert-OH is 2. The molecule has 9 heteroatoms. The number of hydrogen-bond acceptors (Lipinski definition) is 5. The van der Waals surface area contributed by atoms with Crippen molar-refractivity contribution in [3.05, 3.63) is 31.5 Å². The van der Waals surface area contributed by atoms with Crippen LogP contribution >= 0.6 is 27.5 Å². The number of rotatable bonds is 2. The highest BCUT2D eigenvalue weighted by molar-refractivity contribution is 9.10. The van der Waals surface area contributed by atoms with Crippen molar-refractivity contribution >= 4 is 27.5 Å². The van der Waals surface area contributed by atoms with E-state index in [1.165, 1.54) is 6.20 Å². The van der Waals surface area contributed by atoms with Gasteiger partial charge in [0.1, 0.15) is 17.6 Å². The van der Waals surface area contributed by atoms with Gasteiger partial charge in [-0.05, 0) is 15.9 Å². The van der Waals surface area contributed by atoms with Gasteiger partial charge in [-0.15, -0.1) is 11.6 Å². The summed E-state index contributed by atoms with van der Waals surface area (Å²) < 4.78 is 6.48. The number of aromatic amines is 1. The maximum atomic E-state index is 11.6. The number of aliphatic hydroxyl groups is 2. The minimum absolute atomic E-state index is 0.136.